The highest BCUT2D eigenvalue weighted by Crippen LogP contribution is 2.30. The van der Waals surface area contributed by atoms with Gasteiger partial charge in [-0.3, -0.25) is 0 Å². The summed E-state index contributed by atoms with van der Waals surface area (Å²) in [5.41, 5.74) is 9.70. The number of imidazole rings is 1. The zero-order valence-corrected chi connectivity index (χ0v) is 10.4. The minimum atomic E-state index is -0.481. The second-order valence-electron chi connectivity index (χ2n) is 4.69. The molecule has 0 aliphatic carbocycles. The average molecular weight is 267 g/mol. The van der Waals surface area contributed by atoms with Gasteiger partial charge in [-0.1, -0.05) is 12.1 Å². The first-order valence-corrected chi connectivity index (χ1v) is 6.17. The van der Waals surface area contributed by atoms with Crippen LogP contribution in [0.2, 0.25) is 0 Å². The number of benzene rings is 1. The number of hydrogen-bond acceptors (Lipinski definition) is 4. The fourth-order valence-corrected chi connectivity index (χ4v) is 2.37. The molecule has 0 radical (unpaired) electrons. The maximum atomic E-state index is 13.5. The zero-order valence-electron chi connectivity index (χ0n) is 10.4. The Bertz CT molecular complexity index is 865. The third kappa shape index (κ3) is 1.58. The number of rotatable bonds is 1. The summed E-state index contributed by atoms with van der Waals surface area (Å²) in [4.78, 5) is 8.19. The molecular weight excluding hydrogens is 257 g/mol. The number of fused-ring (bicyclic) bond motifs is 2. The van der Waals surface area contributed by atoms with Crippen molar-refractivity contribution in [2.24, 2.45) is 10.7 Å². The van der Waals surface area contributed by atoms with Crippen LogP contribution >= 0.6 is 0 Å². The van der Waals surface area contributed by atoms with Crippen molar-refractivity contribution in [2.45, 2.75) is 6.42 Å². The van der Waals surface area contributed by atoms with Crippen LogP contribution in [0.3, 0.4) is 0 Å². The van der Waals surface area contributed by atoms with Gasteiger partial charge in [0.25, 0.3) is 0 Å². The van der Waals surface area contributed by atoms with Gasteiger partial charge >= 0.3 is 0 Å². The molecule has 0 unspecified atom stereocenters. The van der Waals surface area contributed by atoms with Crippen molar-refractivity contribution in [1.29, 1.82) is 0 Å². The van der Waals surface area contributed by atoms with Crippen LogP contribution in [-0.4, -0.2) is 20.4 Å². The quantitative estimate of drug-likeness (QED) is 0.734. The molecule has 0 saturated heterocycles. The molecule has 3 heterocycles. The molecule has 2 N–H and O–H groups in total. The Morgan fingerprint density at radius 1 is 1.20 bits per heavy atom. The van der Waals surface area contributed by atoms with E-state index in [1.165, 1.54) is 4.52 Å². The van der Waals surface area contributed by atoms with Gasteiger partial charge in [-0.15, -0.1) is 0 Å². The maximum absolute atomic E-state index is 13.5. The molecule has 0 spiro atoms. The van der Waals surface area contributed by atoms with Crippen molar-refractivity contribution in [2.75, 3.05) is 0 Å². The molecule has 4 rings (SSSR count). The second-order valence-corrected chi connectivity index (χ2v) is 4.69. The van der Waals surface area contributed by atoms with Crippen molar-refractivity contribution in [3.8, 4) is 11.3 Å². The molecule has 0 bridgehead atoms. The van der Waals surface area contributed by atoms with E-state index in [9.17, 15) is 4.39 Å². The number of amidine groups is 1. The van der Waals surface area contributed by atoms with E-state index >= 15 is 0 Å². The van der Waals surface area contributed by atoms with Crippen LogP contribution in [-0.2, 0) is 6.42 Å². The summed E-state index contributed by atoms with van der Waals surface area (Å²) in [7, 11) is 0. The summed E-state index contributed by atoms with van der Waals surface area (Å²) < 4.78 is 14.7. The molecule has 3 aromatic rings. The van der Waals surface area contributed by atoms with Gasteiger partial charge < -0.3 is 5.73 Å². The summed E-state index contributed by atoms with van der Waals surface area (Å²) in [6.45, 7) is 0. The summed E-state index contributed by atoms with van der Waals surface area (Å²) in [5.74, 6) is 0.131. The lowest BCUT2D eigenvalue weighted by Crippen LogP contribution is -2.09. The zero-order chi connectivity index (χ0) is 13.7. The lowest BCUT2D eigenvalue weighted by atomic mass is 10.1. The standard InChI is InChI=1S/C14H10FN5/c15-12-7-17-14-4-3-10(19-20(12)14)8-1-2-9-6-13(16)18-11(9)5-8/h1-5,7H,6H2,(H2,16,18). The van der Waals surface area contributed by atoms with E-state index < -0.39 is 5.95 Å². The smallest absolute Gasteiger partial charge is 0.234 e. The molecular formula is C14H10FN5. The molecule has 1 aliphatic heterocycles. The first-order valence-electron chi connectivity index (χ1n) is 6.17. The number of aromatic nitrogens is 3. The largest absolute Gasteiger partial charge is 0.387 e. The van der Waals surface area contributed by atoms with Gasteiger partial charge in [-0.05, 0) is 23.8 Å². The Labute approximate surface area is 113 Å². The van der Waals surface area contributed by atoms with Gasteiger partial charge in [-0.25, -0.2) is 9.98 Å². The Kier molecular flexibility index (Phi) is 2.14. The van der Waals surface area contributed by atoms with Crippen molar-refractivity contribution in [3.05, 3.63) is 48.0 Å². The summed E-state index contributed by atoms with van der Waals surface area (Å²) >= 11 is 0. The van der Waals surface area contributed by atoms with Crippen molar-refractivity contribution in [3.63, 3.8) is 0 Å². The topological polar surface area (TPSA) is 68.6 Å². The highest BCUT2D eigenvalue weighted by Gasteiger charge is 2.14. The Balaban J connectivity index is 1.86. The van der Waals surface area contributed by atoms with Crippen molar-refractivity contribution < 1.29 is 4.39 Å². The van der Waals surface area contributed by atoms with E-state index in [4.69, 9.17) is 5.73 Å². The Morgan fingerprint density at radius 2 is 2.10 bits per heavy atom. The molecule has 1 aliphatic rings. The van der Waals surface area contributed by atoms with Crippen molar-refractivity contribution in [1.82, 2.24) is 14.6 Å². The van der Waals surface area contributed by atoms with E-state index in [1.54, 1.807) is 6.07 Å². The van der Waals surface area contributed by atoms with Crippen LogP contribution < -0.4 is 5.73 Å². The van der Waals surface area contributed by atoms with Gasteiger partial charge in [0, 0.05) is 12.0 Å². The molecule has 0 fully saturated rings. The first-order chi connectivity index (χ1) is 9.70. The minimum Gasteiger partial charge on any atom is -0.387 e. The first kappa shape index (κ1) is 11.1. The van der Waals surface area contributed by atoms with Crippen LogP contribution in [0, 0.1) is 5.95 Å². The number of hydrogen-bond donors (Lipinski definition) is 1. The molecule has 1 aromatic carbocycles. The fourth-order valence-electron chi connectivity index (χ4n) is 2.37. The third-order valence-corrected chi connectivity index (χ3v) is 3.34. The normalized spacial score (nSPS) is 13.6. The number of aliphatic imine (C=N–C) groups is 1. The highest BCUT2D eigenvalue weighted by atomic mass is 19.1. The molecule has 5 nitrogen and oxygen atoms in total. The molecule has 98 valence electrons. The second kappa shape index (κ2) is 3.86. The Hall–Kier alpha value is -2.76. The number of halogens is 1. The fraction of sp³-hybridized carbons (Fsp3) is 0.0714. The molecule has 0 atom stereocenters. The predicted octanol–water partition coefficient (Wildman–Crippen LogP) is 2.08. The molecule has 6 heteroatoms. The average Bonchev–Trinajstić information content (AvgIpc) is 3.00. The molecule has 2 aromatic heterocycles. The summed E-state index contributed by atoms with van der Waals surface area (Å²) in [6, 6.07) is 9.38. The van der Waals surface area contributed by atoms with Crippen LogP contribution in [0.4, 0.5) is 10.1 Å². The lowest BCUT2D eigenvalue weighted by molar-refractivity contribution is 0.550. The van der Waals surface area contributed by atoms with Gasteiger partial charge in [0.15, 0.2) is 5.65 Å². The van der Waals surface area contributed by atoms with Gasteiger partial charge in [0.05, 0.1) is 17.6 Å². The van der Waals surface area contributed by atoms with Gasteiger partial charge in [0.1, 0.15) is 5.84 Å². The van der Waals surface area contributed by atoms with Crippen LogP contribution in [0.25, 0.3) is 16.9 Å². The summed E-state index contributed by atoms with van der Waals surface area (Å²) in [6.07, 6.45) is 1.83. The van der Waals surface area contributed by atoms with Crippen molar-refractivity contribution >= 4 is 17.2 Å². The molecule has 0 amide bonds. The Morgan fingerprint density at radius 3 is 3.00 bits per heavy atom. The van der Waals surface area contributed by atoms with Gasteiger partial charge in [-0.2, -0.15) is 14.0 Å². The van der Waals surface area contributed by atoms with E-state index in [-0.39, 0.29) is 0 Å². The molecule has 0 saturated carbocycles. The van der Waals surface area contributed by atoms with Crippen LogP contribution in [0.1, 0.15) is 5.56 Å². The van der Waals surface area contributed by atoms with Gasteiger partial charge in [0.2, 0.25) is 5.95 Å². The monoisotopic (exact) mass is 267 g/mol. The highest BCUT2D eigenvalue weighted by molar-refractivity contribution is 5.91. The van der Waals surface area contributed by atoms with Crippen LogP contribution in [0.15, 0.2) is 41.5 Å². The third-order valence-electron chi connectivity index (χ3n) is 3.34. The van der Waals surface area contributed by atoms with E-state index in [1.807, 2.05) is 24.3 Å². The SMILES string of the molecule is NC1=Nc2cc(-c3ccc4ncc(F)n4n3)ccc2C1. The minimum absolute atomic E-state index is 0.481. The lowest BCUT2D eigenvalue weighted by Gasteiger charge is -2.04. The maximum Gasteiger partial charge on any atom is 0.234 e. The summed E-state index contributed by atoms with van der Waals surface area (Å²) in [5, 5.41) is 4.25. The number of nitrogens with two attached hydrogens (primary N) is 1. The predicted molar refractivity (Wildman–Crippen MR) is 73.4 cm³/mol. The van der Waals surface area contributed by atoms with E-state index in [0.29, 0.717) is 23.6 Å². The van der Waals surface area contributed by atoms with E-state index in [2.05, 4.69) is 15.1 Å². The van der Waals surface area contributed by atoms with Crippen LogP contribution in [0.5, 0.6) is 0 Å². The number of nitrogens with zero attached hydrogens (tertiary/aromatic N) is 4. The van der Waals surface area contributed by atoms with E-state index in [0.717, 1.165) is 23.0 Å². The molecule has 20 heavy (non-hydrogen) atoms.